The van der Waals surface area contributed by atoms with Crippen LogP contribution in [-0.4, -0.2) is 39.2 Å². The standard InChI is InChI=1S/C21H28N6O3S/c1-2-23-14-11-27-20(30-12-14)19(10-24-27)31(22,29)26-21(28)25-18-9-13-5-3-6-15(13)16-7-4-8-17(16)18/h9-10,14,23H,2-8,11-12H2,1H3,(H3,22,25,26,28,29). The summed E-state index contributed by atoms with van der Waals surface area (Å²) < 4.78 is 24.3. The number of nitrogens with one attached hydrogen (secondary N) is 2. The number of fused-ring (bicyclic) bond motifs is 4. The fraction of sp³-hybridized carbons (Fsp3) is 0.524. The van der Waals surface area contributed by atoms with E-state index in [1.807, 2.05) is 6.92 Å². The van der Waals surface area contributed by atoms with Gasteiger partial charge in [0.05, 0.1) is 18.8 Å². The summed E-state index contributed by atoms with van der Waals surface area (Å²) in [6.07, 6.45) is 7.77. The fourth-order valence-electron chi connectivity index (χ4n) is 5.01. The van der Waals surface area contributed by atoms with Crippen molar-refractivity contribution in [2.75, 3.05) is 18.5 Å². The van der Waals surface area contributed by atoms with Gasteiger partial charge in [-0.25, -0.2) is 18.8 Å². The van der Waals surface area contributed by atoms with Crippen molar-refractivity contribution in [3.63, 3.8) is 0 Å². The van der Waals surface area contributed by atoms with Gasteiger partial charge in [0.1, 0.15) is 11.5 Å². The molecule has 2 heterocycles. The Balaban J connectivity index is 1.40. The van der Waals surface area contributed by atoms with Gasteiger partial charge in [-0.05, 0) is 73.4 Å². The van der Waals surface area contributed by atoms with Crippen LogP contribution in [0.1, 0.15) is 42.0 Å². The Labute approximate surface area is 182 Å². The number of amides is 2. The van der Waals surface area contributed by atoms with E-state index >= 15 is 0 Å². The number of rotatable bonds is 4. The molecule has 1 aromatic heterocycles. The predicted octanol–water partition coefficient (Wildman–Crippen LogP) is 2.16. The smallest absolute Gasteiger partial charge is 0.354 e. The number of likely N-dealkylation sites (N-methyl/N-ethyl adjacent to an activating group) is 1. The molecule has 0 bridgehead atoms. The first-order chi connectivity index (χ1) is 15.0. The number of nitrogens with two attached hydrogens (primary N) is 1. The first kappa shape index (κ1) is 20.5. The van der Waals surface area contributed by atoms with Gasteiger partial charge >= 0.3 is 6.03 Å². The summed E-state index contributed by atoms with van der Waals surface area (Å²) in [5.41, 5.74) is 6.11. The van der Waals surface area contributed by atoms with Crippen LogP contribution in [0.15, 0.2) is 21.5 Å². The van der Waals surface area contributed by atoms with E-state index in [-0.39, 0.29) is 10.9 Å². The molecule has 0 saturated carbocycles. The number of aryl methyl sites for hydroxylation is 1. The first-order valence-electron chi connectivity index (χ1n) is 10.9. The molecular weight excluding hydrogens is 416 g/mol. The highest BCUT2D eigenvalue weighted by Gasteiger charge is 2.28. The Bertz CT molecular complexity index is 1160. The number of hydrogen-bond donors (Lipinski definition) is 3. The number of benzene rings is 1. The zero-order valence-electron chi connectivity index (χ0n) is 17.6. The Hall–Kier alpha value is -2.43. The molecule has 10 heteroatoms. The number of urea groups is 1. The van der Waals surface area contributed by atoms with Crippen LogP contribution in [0.4, 0.5) is 10.5 Å². The maximum atomic E-state index is 13.2. The van der Waals surface area contributed by atoms with Crippen LogP contribution in [0.5, 0.6) is 5.88 Å². The van der Waals surface area contributed by atoms with Crippen LogP contribution in [0, 0.1) is 0 Å². The normalized spacial score (nSPS) is 20.9. The third-order valence-corrected chi connectivity index (χ3v) is 7.68. The topological polar surface area (TPSA) is 124 Å². The van der Waals surface area contributed by atoms with Crippen molar-refractivity contribution >= 4 is 21.6 Å². The number of anilines is 1. The van der Waals surface area contributed by atoms with Crippen molar-refractivity contribution in [2.45, 2.75) is 62.9 Å². The van der Waals surface area contributed by atoms with E-state index in [4.69, 9.17) is 9.88 Å². The lowest BCUT2D eigenvalue weighted by molar-refractivity contribution is 0.180. The number of carbonyl (C=O) groups is 1. The summed E-state index contributed by atoms with van der Waals surface area (Å²) in [5, 5.41) is 16.4. The van der Waals surface area contributed by atoms with Crippen LogP contribution in [0.2, 0.25) is 0 Å². The molecule has 0 saturated heterocycles. The number of carbonyl (C=O) groups excluding carboxylic acids is 1. The zero-order valence-corrected chi connectivity index (χ0v) is 18.5. The lowest BCUT2D eigenvalue weighted by Gasteiger charge is -2.25. The molecule has 2 amide bonds. The fourth-order valence-corrected chi connectivity index (χ4v) is 6.02. The molecule has 4 N–H and O–H groups in total. The molecular formula is C21H28N6O3S. The van der Waals surface area contributed by atoms with E-state index in [0.717, 1.165) is 50.8 Å². The lowest BCUT2D eigenvalue weighted by Crippen LogP contribution is -2.42. The maximum Gasteiger partial charge on any atom is 0.354 e. The van der Waals surface area contributed by atoms with Gasteiger partial charge in [0.15, 0.2) is 9.92 Å². The molecule has 2 aliphatic carbocycles. The summed E-state index contributed by atoms with van der Waals surface area (Å²) in [6, 6.07) is 1.46. The second-order valence-electron chi connectivity index (χ2n) is 8.38. The molecule has 1 aromatic carbocycles. The van der Waals surface area contributed by atoms with E-state index < -0.39 is 15.9 Å². The average molecular weight is 445 g/mol. The van der Waals surface area contributed by atoms with Gasteiger partial charge in [0.2, 0.25) is 5.88 Å². The Morgan fingerprint density at radius 1 is 1.29 bits per heavy atom. The minimum absolute atomic E-state index is 0.112. The molecule has 3 aliphatic rings. The van der Waals surface area contributed by atoms with Gasteiger partial charge in [-0.15, -0.1) is 4.36 Å². The Morgan fingerprint density at radius 2 is 2.06 bits per heavy atom. The van der Waals surface area contributed by atoms with Crippen LogP contribution >= 0.6 is 0 Å². The Kier molecular flexibility index (Phi) is 5.23. The number of ether oxygens (including phenoxy) is 1. The SMILES string of the molecule is CCNC1COc2c(S(N)(=O)=NC(=O)Nc3cc4c(c5c3CCC5)CCC4)cnn2C1. The van der Waals surface area contributed by atoms with E-state index in [2.05, 4.69) is 26.2 Å². The molecule has 1 aliphatic heterocycles. The molecule has 0 radical (unpaired) electrons. The molecule has 0 spiro atoms. The molecule has 2 atom stereocenters. The molecule has 166 valence electrons. The highest BCUT2D eigenvalue weighted by molar-refractivity contribution is 7.91. The van der Waals surface area contributed by atoms with E-state index in [1.54, 1.807) is 4.68 Å². The average Bonchev–Trinajstić information content (AvgIpc) is 3.46. The second-order valence-corrected chi connectivity index (χ2v) is 10.1. The summed E-state index contributed by atoms with van der Waals surface area (Å²) in [6.45, 7) is 3.82. The van der Waals surface area contributed by atoms with Crippen LogP contribution in [-0.2, 0) is 42.1 Å². The van der Waals surface area contributed by atoms with E-state index in [9.17, 15) is 9.00 Å². The van der Waals surface area contributed by atoms with Crippen molar-refractivity contribution in [1.82, 2.24) is 15.1 Å². The van der Waals surface area contributed by atoms with Crippen molar-refractivity contribution < 1.29 is 13.7 Å². The summed E-state index contributed by atoms with van der Waals surface area (Å²) >= 11 is 0. The minimum Gasteiger partial charge on any atom is -0.475 e. The summed E-state index contributed by atoms with van der Waals surface area (Å²) in [7, 11) is -3.50. The van der Waals surface area contributed by atoms with Crippen molar-refractivity contribution in [2.24, 2.45) is 9.50 Å². The molecule has 0 fully saturated rings. The molecule has 5 rings (SSSR count). The first-order valence-corrected chi connectivity index (χ1v) is 12.5. The van der Waals surface area contributed by atoms with Crippen LogP contribution < -0.4 is 20.5 Å². The van der Waals surface area contributed by atoms with Crippen molar-refractivity contribution in [1.29, 1.82) is 0 Å². The lowest BCUT2D eigenvalue weighted by atomic mass is 9.98. The molecule has 31 heavy (non-hydrogen) atoms. The van der Waals surface area contributed by atoms with Gasteiger partial charge < -0.3 is 15.4 Å². The van der Waals surface area contributed by atoms with Crippen LogP contribution in [0.3, 0.4) is 0 Å². The maximum absolute atomic E-state index is 13.2. The number of nitrogens with zero attached hydrogens (tertiary/aromatic N) is 3. The molecule has 9 nitrogen and oxygen atoms in total. The van der Waals surface area contributed by atoms with Crippen molar-refractivity contribution in [3.8, 4) is 5.88 Å². The zero-order chi connectivity index (χ0) is 21.6. The van der Waals surface area contributed by atoms with Gasteiger partial charge in [0, 0.05) is 5.69 Å². The Morgan fingerprint density at radius 3 is 2.90 bits per heavy atom. The monoisotopic (exact) mass is 444 g/mol. The highest BCUT2D eigenvalue weighted by atomic mass is 32.2. The number of aromatic nitrogens is 2. The third-order valence-electron chi connectivity index (χ3n) is 6.33. The number of hydrogen-bond acceptors (Lipinski definition) is 5. The quantitative estimate of drug-likeness (QED) is 0.667. The highest BCUT2D eigenvalue weighted by Crippen LogP contribution is 2.38. The van der Waals surface area contributed by atoms with Gasteiger partial charge in [-0.3, -0.25) is 0 Å². The summed E-state index contributed by atoms with van der Waals surface area (Å²) in [4.78, 5) is 12.9. The largest absolute Gasteiger partial charge is 0.475 e. The second kappa shape index (κ2) is 7.92. The third kappa shape index (κ3) is 3.72. The van der Waals surface area contributed by atoms with E-state index in [0.29, 0.717) is 19.0 Å². The van der Waals surface area contributed by atoms with Crippen molar-refractivity contribution in [3.05, 3.63) is 34.5 Å². The molecule has 2 aromatic rings. The van der Waals surface area contributed by atoms with Gasteiger partial charge in [0.25, 0.3) is 0 Å². The van der Waals surface area contributed by atoms with Crippen LogP contribution in [0.25, 0.3) is 0 Å². The van der Waals surface area contributed by atoms with Gasteiger partial charge in [-0.1, -0.05) is 6.92 Å². The predicted molar refractivity (Wildman–Crippen MR) is 118 cm³/mol. The molecule has 2 unspecified atom stereocenters. The summed E-state index contributed by atoms with van der Waals surface area (Å²) in [5.74, 6) is 0.316. The van der Waals surface area contributed by atoms with Gasteiger partial charge in [-0.2, -0.15) is 5.10 Å². The van der Waals surface area contributed by atoms with E-state index in [1.165, 1.54) is 28.5 Å². The minimum atomic E-state index is -3.50.